The molecular formula is C14H23NO3S2. The van der Waals surface area contributed by atoms with Crippen molar-refractivity contribution in [2.45, 2.75) is 30.7 Å². The molecule has 0 heterocycles. The first-order chi connectivity index (χ1) is 9.47. The van der Waals surface area contributed by atoms with Crippen molar-refractivity contribution in [3.63, 3.8) is 0 Å². The van der Waals surface area contributed by atoms with E-state index in [9.17, 15) is 8.42 Å². The van der Waals surface area contributed by atoms with E-state index in [1.807, 2.05) is 13.2 Å². The quantitative estimate of drug-likeness (QED) is 0.796. The predicted molar refractivity (Wildman–Crippen MR) is 84.6 cm³/mol. The number of benzene rings is 1. The highest BCUT2D eigenvalue weighted by Crippen LogP contribution is 2.20. The lowest BCUT2D eigenvalue weighted by molar-refractivity contribution is 0.299. The molecule has 0 bridgehead atoms. The minimum atomic E-state index is -3.45. The molecule has 0 aliphatic rings. The molecule has 0 fully saturated rings. The van der Waals surface area contributed by atoms with Crippen LogP contribution < -0.4 is 0 Å². The maximum absolute atomic E-state index is 12.5. The maximum atomic E-state index is 12.5. The van der Waals surface area contributed by atoms with Crippen LogP contribution in [-0.2, 0) is 16.4 Å². The Labute approximate surface area is 126 Å². The second-order valence-electron chi connectivity index (χ2n) is 4.66. The lowest BCUT2D eigenvalue weighted by atomic mass is 10.2. The van der Waals surface area contributed by atoms with Crippen molar-refractivity contribution >= 4 is 21.8 Å². The smallest absolute Gasteiger partial charge is 0.243 e. The number of hydrogen-bond acceptors (Lipinski definition) is 4. The molecule has 0 spiro atoms. The van der Waals surface area contributed by atoms with Crippen molar-refractivity contribution in [3.8, 4) is 0 Å². The number of sulfonamides is 1. The summed E-state index contributed by atoms with van der Waals surface area (Å²) >= 11 is 1.65. The van der Waals surface area contributed by atoms with Gasteiger partial charge in [0.15, 0.2) is 0 Å². The van der Waals surface area contributed by atoms with Gasteiger partial charge in [-0.05, 0) is 36.8 Å². The van der Waals surface area contributed by atoms with Gasteiger partial charge in [0, 0.05) is 25.4 Å². The third kappa shape index (κ3) is 4.22. The first-order valence-electron chi connectivity index (χ1n) is 6.64. The highest BCUT2D eigenvalue weighted by Gasteiger charge is 2.26. The van der Waals surface area contributed by atoms with Gasteiger partial charge in [0.05, 0.1) is 4.90 Å². The van der Waals surface area contributed by atoms with Gasteiger partial charge in [0.1, 0.15) is 0 Å². The van der Waals surface area contributed by atoms with E-state index in [0.717, 1.165) is 17.7 Å². The van der Waals surface area contributed by atoms with E-state index in [-0.39, 0.29) is 12.6 Å². The number of rotatable bonds is 8. The Morgan fingerprint density at radius 2 is 1.90 bits per heavy atom. The highest BCUT2D eigenvalue weighted by molar-refractivity contribution is 7.98. The van der Waals surface area contributed by atoms with Gasteiger partial charge < -0.3 is 5.11 Å². The molecule has 0 aliphatic carbocycles. The first-order valence-corrected chi connectivity index (χ1v) is 9.47. The standard InChI is InChI=1S/C14H23NO3S2/c1-4-13(11-19-3)15(2)20(17,18)14-7-5-12(6-8-14)9-10-16/h5-8,13,16H,4,9-11H2,1-3H3. The topological polar surface area (TPSA) is 57.6 Å². The Balaban J connectivity index is 2.97. The van der Waals surface area contributed by atoms with Crippen molar-refractivity contribution in [2.75, 3.05) is 25.7 Å². The first kappa shape index (κ1) is 17.5. The molecule has 1 aromatic carbocycles. The number of aliphatic hydroxyl groups excluding tert-OH is 1. The largest absolute Gasteiger partial charge is 0.396 e. The highest BCUT2D eigenvalue weighted by atomic mass is 32.2. The van der Waals surface area contributed by atoms with Crippen LogP contribution in [0.2, 0.25) is 0 Å². The van der Waals surface area contributed by atoms with E-state index in [1.165, 1.54) is 4.31 Å². The SMILES string of the molecule is CCC(CSC)N(C)S(=O)(=O)c1ccc(CCO)cc1. The summed E-state index contributed by atoms with van der Waals surface area (Å²) in [5, 5.41) is 8.87. The molecule has 114 valence electrons. The minimum Gasteiger partial charge on any atom is -0.396 e. The molecule has 1 atom stereocenters. The van der Waals surface area contributed by atoms with Crippen molar-refractivity contribution in [2.24, 2.45) is 0 Å². The minimum absolute atomic E-state index is 0.00659. The molecule has 0 radical (unpaired) electrons. The summed E-state index contributed by atoms with van der Waals surface area (Å²) < 4.78 is 26.6. The summed E-state index contributed by atoms with van der Waals surface area (Å²) in [6, 6.07) is 6.75. The van der Waals surface area contributed by atoms with E-state index in [2.05, 4.69) is 0 Å². The zero-order valence-electron chi connectivity index (χ0n) is 12.2. The zero-order valence-corrected chi connectivity index (χ0v) is 13.9. The molecule has 0 amide bonds. The Hall–Kier alpha value is -0.560. The number of nitrogens with zero attached hydrogens (tertiary/aromatic N) is 1. The fraction of sp³-hybridized carbons (Fsp3) is 0.571. The van der Waals surface area contributed by atoms with E-state index >= 15 is 0 Å². The van der Waals surface area contributed by atoms with E-state index < -0.39 is 10.0 Å². The second-order valence-corrected chi connectivity index (χ2v) is 7.56. The summed E-state index contributed by atoms with van der Waals surface area (Å²) in [6.45, 7) is 2.06. The molecule has 20 heavy (non-hydrogen) atoms. The molecular weight excluding hydrogens is 294 g/mol. The van der Waals surface area contributed by atoms with Gasteiger partial charge in [-0.1, -0.05) is 19.1 Å². The Kier molecular flexibility index (Phi) is 7.02. The van der Waals surface area contributed by atoms with Crippen LogP contribution in [0.3, 0.4) is 0 Å². The molecule has 0 saturated carbocycles. The van der Waals surface area contributed by atoms with Crippen molar-refractivity contribution in [1.29, 1.82) is 0 Å². The molecule has 4 nitrogen and oxygen atoms in total. The van der Waals surface area contributed by atoms with Crippen LogP contribution in [0.4, 0.5) is 0 Å². The summed E-state index contributed by atoms with van der Waals surface area (Å²) in [5.41, 5.74) is 0.935. The van der Waals surface area contributed by atoms with Gasteiger partial charge in [0.25, 0.3) is 0 Å². The summed E-state index contributed by atoms with van der Waals surface area (Å²) in [6.07, 6.45) is 3.31. The van der Waals surface area contributed by atoms with Crippen LogP contribution in [0.15, 0.2) is 29.2 Å². The molecule has 0 aliphatic heterocycles. The van der Waals surface area contributed by atoms with Gasteiger partial charge >= 0.3 is 0 Å². The average molecular weight is 317 g/mol. The van der Waals surface area contributed by atoms with Crippen molar-refractivity contribution < 1.29 is 13.5 Å². The van der Waals surface area contributed by atoms with Gasteiger partial charge in [-0.15, -0.1) is 0 Å². The lowest BCUT2D eigenvalue weighted by Gasteiger charge is -2.26. The molecule has 1 aromatic rings. The fourth-order valence-corrected chi connectivity index (χ4v) is 4.36. The number of hydrogen-bond donors (Lipinski definition) is 1. The predicted octanol–water partition coefficient (Wildman–Crippen LogP) is 1.98. The van der Waals surface area contributed by atoms with Crippen LogP contribution in [-0.4, -0.2) is 49.5 Å². The Morgan fingerprint density at radius 3 is 2.35 bits per heavy atom. The van der Waals surface area contributed by atoms with Crippen LogP contribution in [0.5, 0.6) is 0 Å². The molecule has 0 aromatic heterocycles. The van der Waals surface area contributed by atoms with Crippen LogP contribution in [0.25, 0.3) is 0 Å². The number of aliphatic hydroxyl groups is 1. The fourth-order valence-electron chi connectivity index (χ4n) is 1.99. The van der Waals surface area contributed by atoms with Crippen LogP contribution in [0, 0.1) is 0 Å². The van der Waals surface area contributed by atoms with Gasteiger partial charge in [-0.3, -0.25) is 0 Å². The monoisotopic (exact) mass is 317 g/mol. The normalized spacial score (nSPS) is 13.7. The summed E-state index contributed by atoms with van der Waals surface area (Å²) in [7, 11) is -1.81. The molecule has 6 heteroatoms. The van der Waals surface area contributed by atoms with E-state index in [0.29, 0.717) is 11.3 Å². The van der Waals surface area contributed by atoms with E-state index in [1.54, 1.807) is 43.1 Å². The molecule has 0 saturated heterocycles. The van der Waals surface area contributed by atoms with Crippen LogP contribution in [0.1, 0.15) is 18.9 Å². The lowest BCUT2D eigenvalue weighted by Crippen LogP contribution is -2.38. The average Bonchev–Trinajstić information content (AvgIpc) is 2.45. The second kappa shape index (κ2) is 8.02. The third-order valence-corrected chi connectivity index (χ3v) is 5.99. The zero-order chi connectivity index (χ0) is 15.2. The maximum Gasteiger partial charge on any atom is 0.243 e. The van der Waals surface area contributed by atoms with Crippen molar-refractivity contribution in [3.05, 3.63) is 29.8 Å². The van der Waals surface area contributed by atoms with Crippen LogP contribution >= 0.6 is 11.8 Å². The van der Waals surface area contributed by atoms with Gasteiger partial charge in [-0.25, -0.2) is 8.42 Å². The van der Waals surface area contributed by atoms with Gasteiger partial charge in [0.2, 0.25) is 10.0 Å². The summed E-state index contributed by atoms with van der Waals surface area (Å²) in [4.78, 5) is 0.307. The molecule has 1 rings (SSSR count). The van der Waals surface area contributed by atoms with Gasteiger partial charge in [-0.2, -0.15) is 16.1 Å². The third-order valence-electron chi connectivity index (χ3n) is 3.35. The molecule has 1 unspecified atom stereocenters. The Bertz CT molecular complexity index is 500. The summed E-state index contributed by atoms with van der Waals surface area (Å²) in [5.74, 6) is 0.787. The number of thioether (sulfide) groups is 1. The molecule has 1 N–H and O–H groups in total. The Morgan fingerprint density at radius 1 is 1.30 bits per heavy atom. The van der Waals surface area contributed by atoms with Crippen molar-refractivity contribution in [1.82, 2.24) is 4.31 Å². The van der Waals surface area contributed by atoms with E-state index in [4.69, 9.17) is 5.11 Å².